The van der Waals surface area contributed by atoms with Crippen molar-refractivity contribution in [2.24, 2.45) is 11.8 Å². The number of hydrogen-bond acceptors (Lipinski definition) is 2. The fraction of sp³-hybridized carbons (Fsp3) is 0.923. The number of hydrogen-bond donors (Lipinski definition) is 1. The molecule has 0 aromatic carbocycles. The van der Waals surface area contributed by atoms with Crippen molar-refractivity contribution in [3.8, 4) is 0 Å². The monoisotopic (exact) mass is 281 g/mol. The van der Waals surface area contributed by atoms with Gasteiger partial charge in [-0.15, -0.1) is 0 Å². The van der Waals surface area contributed by atoms with E-state index < -0.39 is 18.0 Å². The average molecular weight is 281 g/mol. The van der Waals surface area contributed by atoms with Gasteiger partial charge in [0.05, 0.1) is 5.92 Å². The third-order valence-electron chi connectivity index (χ3n) is 3.77. The Balaban J connectivity index is 2.60. The molecule has 0 heterocycles. The van der Waals surface area contributed by atoms with Gasteiger partial charge in [0.1, 0.15) is 0 Å². The van der Waals surface area contributed by atoms with Crippen molar-refractivity contribution in [3.63, 3.8) is 0 Å². The molecule has 0 spiro atoms. The van der Waals surface area contributed by atoms with Crippen molar-refractivity contribution in [2.75, 3.05) is 19.7 Å². The Morgan fingerprint density at radius 3 is 2.58 bits per heavy atom. The SMILES string of the molecule is CCN(CCCO)C(=O)C1CCCC(C(F)(F)F)C1. The zero-order valence-corrected chi connectivity index (χ0v) is 11.2. The highest BCUT2D eigenvalue weighted by molar-refractivity contribution is 5.78. The number of carbonyl (C=O) groups excluding carboxylic acids is 1. The first-order valence-corrected chi connectivity index (χ1v) is 6.86. The molecule has 19 heavy (non-hydrogen) atoms. The molecule has 0 aromatic rings. The average Bonchev–Trinajstić information content (AvgIpc) is 2.38. The molecule has 1 aliphatic carbocycles. The summed E-state index contributed by atoms with van der Waals surface area (Å²) in [7, 11) is 0. The Kier molecular flexibility index (Phi) is 6.10. The van der Waals surface area contributed by atoms with Crippen molar-refractivity contribution >= 4 is 5.91 Å². The fourth-order valence-electron chi connectivity index (χ4n) is 2.66. The number of carbonyl (C=O) groups is 1. The fourth-order valence-corrected chi connectivity index (χ4v) is 2.66. The molecule has 1 N–H and O–H groups in total. The van der Waals surface area contributed by atoms with Gasteiger partial charge in [-0.25, -0.2) is 0 Å². The van der Waals surface area contributed by atoms with E-state index in [0.29, 0.717) is 32.4 Å². The first-order chi connectivity index (χ1) is 8.90. The summed E-state index contributed by atoms with van der Waals surface area (Å²) in [6.07, 6.45) is -2.68. The quantitative estimate of drug-likeness (QED) is 0.841. The maximum Gasteiger partial charge on any atom is 0.391 e. The Hall–Kier alpha value is -0.780. The highest BCUT2D eigenvalue weighted by Crippen LogP contribution is 2.40. The standard InChI is InChI=1S/C13H22F3NO2/c1-2-17(7-4-8-18)12(19)10-5-3-6-11(9-10)13(14,15)16/h10-11,18H,2-9H2,1H3. The summed E-state index contributed by atoms with van der Waals surface area (Å²) in [6, 6.07) is 0. The van der Waals surface area contributed by atoms with Gasteiger partial charge < -0.3 is 10.0 Å². The lowest BCUT2D eigenvalue weighted by molar-refractivity contribution is -0.187. The minimum absolute atomic E-state index is 0.0143. The van der Waals surface area contributed by atoms with E-state index in [9.17, 15) is 18.0 Å². The molecule has 112 valence electrons. The van der Waals surface area contributed by atoms with E-state index in [1.54, 1.807) is 11.8 Å². The van der Waals surface area contributed by atoms with Crippen LogP contribution in [-0.4, -0.2) is 41.8 Å². The second-order valence-electron chi connectivity index (χ2n) is 5.10. The van der Waals surface area contributed by atoms with Crippen LogP contribution in [-0.2, 0) is 4.79 Å². The molecule has 0 bridgehead atoms. The van der Waals surface area contributed by atoms with E-state index in [1.807, 2.05) is 0 Å². The van der Waals surface area contributed by atoms with Crippen LogP contribution in [0.25, 0.3) is 0 Å². The van der Waals surface area contributed by atoms with Crippen LogP contribution in [0, 0.1) is 11.8 Å². The largest absolute Gasteiger partial charge is 0.396 e. The maximum absolute atomic E-state index is 12.7. The molecule has 2 unspecified atom stereocenters. The van der Waals surface area contributed by atoms with Gasteiger partial charge in [0.15, 0.2) is 0 Å². The Labute approximate surface area is 111 Å². The number of rotatable bonds is 5. The predicted octanol–water partition coefficient (Wildman–Crippen LogP) is 2.59. The maximum atomic E-state index is 12.7. The third kappa shape index (κ3) is 4.67. The second kappa shape index (κ2) is 7.12. The van der Waals surface area contributed by atoms with Gasteiger partial charge in [-0.2, -0.15) is 13.2 Å². The molecule has 0 aliphatic heterocycles. The molecule has 1 rings (SSSR count). The van der Waals surface area contributed by atoms with E-state index in [2.05, 4.69) is 0 Å². The number of halogens is 3. The Morgan fingerprint density at radius 2 is 2.05 bits per heavy atom. The predicted molar refractivity (Wildman–Crippen MR) is 65.5 cm³/mol. The zero-order chi connectivity index (χ0) is 14.5. The van der Waals surface area contributed by atoms with Crippen LogP contribution < -0.4 is 0 Å². The van der Waals surface area contributed by atoms with Crippen molar-refractivity contribution in [1.29, 1.82) is 0 Å². The van der Waals surface area contributed by atoms with Gasteiger partial charge in [-0.3, -0.25) is 4.79 Å². The summed E-state index contributed by atoms with van der Waals surface area (Å²) < 4.78 is 38.1. The molecule has 0 saturated heterocycles. The molecule has 1 saturated carbocycles. The van der Waals surface area contributed by atoms with Gasteiger partial charge in [-0.1, -0.05) is 6.42 Å². The molecule has 6 heteroatoms. The molecule has 2 atom stereocenters. The Bertz CT molecular complexity index is 294. The van der Waals surface area contributed by atoms with E-state index in [0.717, 1.165) is 0 Å². The highest BCUT2D eigenvalue weighted by atomic mass is 19.4. The number of amides is 1. The first-order valence-electron chi connectivity index (χ1n) is 6.86. The molecule has 1 aliphatic rings. The van der Waals surface area contributed by atoms with Gasteiger partial charge in [0.2, 0.25) is 5.91 Å². The number of aliphatic hydroxyl groups excluding tert-OH is 1. The first kappa shape index (κ1) is 16.3. The second-order valence-corrected chi connectivity index (χ2v) is 5.10. The lowest BCUT2D eigenvalue weighted by Crippen LogP contribution is -2.40. The Morgan fingerprint density at radius 1 is 1.37 bits per heavy atom. The molecule has 1 amide bonds. The van der Waals surface area contributed by atoms with Crippen LogP contribution in [0.1, 0.15) is 39.0 Å². The van der Waals surface area contributed by atoms with Gasteiger partial charge in [0, 0.05) is 25.6 Å². The summed E-state index contributed by atoms with van der Waals surface area (Å²) >= 11 is 0. The summed E-state index contributed by atoms with van der Waals surface area (Å²) in [5.41, 5.74) is 0. The van der Waals surface area contributed by atoms with Crippen molar-refractivity contribution in [2.45, 2.75) is 45.2 Å². The van der Waals surface area contributed by atoms with Crippen molar-refractivity contribution < 1.29 is 23.1 Å². The highest BCUT2D eigenvalue weighted by Gasteiger charge is 2.44. The van der Waals surface area contributed by atoms with E-state index in [-0.39, 0.29) is 25.4 Å². The van der Waals surface area contributed by atoms with Crippen molar-refractivity contribution in [3.05, 3.63) is 0 Å². The van der Waals surface area contributed by atoms with Crippen LogP contribution in [0.2, 0.25) is 0 Å². The smallest absolute Gasteiger partial charge is 0.391 e. The molecular formula is C13H22F3NO2. The van der Waals surface area contributed by atoms with Crippen LogP contribution in [0.15, 0.2) is 0 Å². The lowest BCUT2D eigenvalue weighted by atomic mass is 9.80. The molecule has 3 nitrogen and oxygen atoms in total. The van der Waals surface area contributed by atoms with E-state index >= 15 is 0 Å². The van der Waals surface area contributed by atoms with Crippen LogP contribution in [0.4, 0.5) is 13.2 Å². The molecule has 0 radical (unpaired) electrons. The summed E-state index contributed by atoms with van der Waals surface area (Å²) in [5.74, 6) is -2.05. The lowest BCUT2D eigenvalue weighted by Gasteiger charge is -2.33. The van der Waals surface area contributed by atoms with Gasteiger partial charge in [-0.05, 0) is 32.6 Å². The van der Waals surface area contributed by atoms with Crippen LogP contribution >= 0.6 is 0 Å². The summed E-state index contributed by atoms with van der Waals surface area (Å²) in [4.78, 5) is 13.7. The number of aliphatic hydroxyl groups is 1. The summed E-state index contributed by atoms with van der Waals surface area (Å²) in [5, 5.41) is 8.76. The minimum Gasteiger partial charge on any atom is -0.396 e. The van der Waals surface area contributed by atoms with Gasteiger partial charge in [0.25, 0.3) is 0 Å². The number of nitrogens with zero attached hydrogens (tertiary/aromatic N) is 1. The van der Waals surface area contributed by atoms with Crippen molar-refractivity contribution in [1.82, 2.24) is 4.90 Å². The van der Waals surface area contributed by atoms with Crippen LogP contribution in [0.5, 0.6) is 0 Å². The molecular weight excluding hydrogens is 259 g/mol. The third-order valence-corrected chi connectivity index (χ3v) is 3.77. The number of alkyl halides is 3. The molecule has 0 aromatic heterocycles. The topological polar surface area (TPSA) is 40.5 Å². The van der Waals surface area contributed by atoms with Gasteiger partial charge >= 0.3 is 6.18 Å². The normalized spacial score (nSPS) is 24.3. The van der Waals surface area contributed by atoms with E-state index in [1.165, 1.54) is 0 Å². The molecule has 1 fully saturated rings. The van der Waals surface area contributed by atoms with E-state index in [4.69, 9.17) is 5.11 Å². The van der Waals surface area contributed by atoms with Crippen LogP contribution in [0.3, 0.4) is 0 Å². The summed E-state index contributed by atoms with van der Waals surface area (Å²) in [6.45, 7) is 2.68. The zero-order valence-electron chi connectivity index (χ0n) is 11.2. The minimum atomic E-state index is -4.19.